The van der Waals surface area contributed by atoms with Gasteiger partial charge in [-0.25, -0.2) is 9.80 Å². The number of hydrogen-bond acceptors (Lipinski definition) is 6. The highest BCUT2D eigenvalue weighted by Gasteiger charge is 2.67. The number of carbonyl (C=O) groups excluding carboxylic acids is 5. The van der Waals surface area contributed by atoms with E-state index in [1.54, 1.807) is 12.1 Å². The lowest BCUT2D eigenvalue weighted by atomic mass is 9.81. The molecule has 0 aromatic heterocycles. The summed E-state index contributed by atoms with van der Waals surface area (Å²) in [5.41, 5.74) is 0.315. The molecule has 2 saturated carbocycles. The third-order valence-corrected chi connectivity index (χ3v) is 12.5. The van der Waals surface area contributed by atoms with Crippen LogP contribution in [0.3, 0.4) is 0 Å². The number of esters is 1. The highest BCUT2D eigenvalue weighted by atomic mass is 79.9. The minimum Gasteiger partial charge on any atom is -0.423 e. The zero-order chi connectivity index (χ0) is 31.4. The topological polar surface area (TPSA) is 101 Å². The second-order valence-electron chi connectivity index (χ2n) is 10.8. The van der Waals surface area contributed by atoms with Crippen molar-refractivity contribution in [1.29, 1.82) is 0 Å². The van der Waals surface area contributed by atoms with E-state index in [0.717, 1.165) is 10.0 Å². The van der Waals surface area contributed by atoms with E-state index in [-0.39, 0.29) is 54.0 Å². The lowest BCUT2D eigenvalue weighted by molar-refractivity contribution is -0.154. The van der Waals surface area contributed by atoms with Crippen molar-refractivity contribution < 1.29 is 28.7 Å². The van der Waals surface area contributed by atoms with Crippen molar-refractivity contribution in [3.8, 4) is 5.75 Å². The van der Waals surface area contributed by atoms with E-state index in [0.29, 0.717) is 11.4 Å². The summed E-state index contributed by atoms with van der Waals surface area (Å²) < 4.78 is 5.38. The van der Waals surface area contributed by atoms with Gasteiger partial charge in [0.2, 0.25) is 0 Å². The number of alkyl halides is 2. The van der Waals surface area contributed by atoms with Crippen molar-refractivity contribution in [3.05, 3.63) is 98.5 Å². The van der Waals surface area contributed by atoms with Crippen molar-refractivity contribution in [3.63, 3.8) is 0 Å². The van der Waals surface area contributed by atoms with Gasteiger partial charge in [0.05, 0.1) is 33.0 Å². The monoisotopic (exact) mass is 780 g/mol. The minimum absolute atomic E-state index is 0.00290. The van der Waals surface area contributed by atoms with E-state index >= 15 is 0 Å². The molecule has 13 heteroatoms. The molecule has 0 unspecified atom stereocenters. The standard InChI is InChI=1S/C31H21Br2Cl3N2O6/c32-26-19-12-20(27(26)33)25-24(19)29(41)38(30(25)42)37(28(40)17-3-1-2-4-21(17)35)13-23(39)14-5-8-16(9-6-14)44-31(43)18-10-7-15(34)11-22(18)36/h1-11,19-20,24-27H,12-13H2/t19-,20-,24-,25+,26+,27+/m1/s1. The first kappa shape index (κ1) is 31.2. The summed E-state index contributed by atoms with van der Waals surface area (Å²) >= 11 is 25.6. The molecule has 3 aromatic rings. The Balaban J connectivity index is 1.25. The molecule has 3 aliphatic rings. The smallest absolute Gasteiger partial charge is 0.345 e. The van der Waals surface area contributed by atoms with Crippen LogP contribution in [0.15, 0.2) is 66.7 Å². The Bertz CT molecular complexity index is 1690. The fraction of sp³-hybridized carbons (Fsp3) is 0.258. The van der Waals surface area contributed by atoms with Crippen molar-refractivity contribution in [1.82, 2.24) is 10.0 Å². The van der Waals surface area contributed by atoms with E-state index in [1.165, 1.54) is 54.6 Å². The second kappa shape index (κ2) is 12.2. The number of nitrogens with zero attached hydrogens (tertiary/aromatic N) is 2. The van der Waals surface area contributed by atoms with E-state index in [2.05, 4.69) is 31.9 Å². The number of hydrogen-bond donors (Lipinski definition) is 0. The molecule has 2 aliphatic carbocycles. The predicted molar refractivity (Wildman–Crippen MR) is 171 cm³/mol. The van der Waals surface area contributed by atoms with Crippen LogP contribution in [0.25, 0.3) is 0 Å². The van der Waals surface area contributed by atoms with Gasteiger partial charge in [0.25, 0.3) is 17.7 Å². The van der Waals surface area contributed by atoms with E-state index in [1.807, 2.05) is 0 Å². The van der Waals surface area contributed by atoms with Gasteiger partial charge in [-0.1, -0.05) is 78.8 Å². The van der Waals surface area contributed by atoms with Gasteiger partial charge in [0.15, 0.2) is 5.78 Å². The van der Waals surface area contributed by atoms with Crippen LogP contribution in [0.1, 0.15) is 37.5 Å². The highest BCUT2D eigenvalue weighted by molar-refractivity contribution is 9.12. The Hall–Kier alpha value is -2.76. The molecular formula is C31H21Br2Cl3N2O6. The van der Waals surface area contributed by atoms with Gasteiger partial charge in [-0.2, -0.15) is 5.01 Å². The quantitative estimate of drug-likeness (QED) is 0.0852. The molecule has 1 aliphatic heterocycles. The Morgan fingerprint density at radius 3 is 2.02 bits per heavy atom. The lowest BCUT2D eigenvalue weighted by Crippen LogP contribution is -2.52. The van der Waals surface area contributed by atoms with Crippen LogP contribution in [0.4, 0.5) is 0 Å². The van der Waals surface area contributed by atoms with Crippen LogP contribution in [0.5, 0.6) is 5.75 Å². The molecule has 3 fully saturated rings. The first-order valence-electron chi connectivity index (χ1n) is 13.5. The molecule has 0 N–H and O–H groups in total. The number of Topliss-reactive ketones (excluding diaryl/α,β-unsaturated/α-hetero) is 1. The molecule has 1 heterocycles. The zero-order valence-corrected chi connectivity index (χ0v) is 27.9. The molecule has 0 spiro atoms. The van der Waals surface area contributed by atoms with Gasteiger partial charge in [-0.15, -0.1) is 0 Å². The SMILES string of the molecule is O=C(CN(C(=O)c1ccccc1Cl)N1C(=O)[C@@H]2[C@H]3C[C@@H]([C@H](Br)[C@H]3Br)[C@@H]2C1=O)c1ccc(OC(=O)c2ccc(Cl)cc2Cl)cc1. The molecule has 3 aromatic carbocycles. The maximum Gasteiger partial charge on any atom is 0.345 e. The van der Waals surface area contributed by atoms with E-state index in [9.17, 15) is 24.0 Å². The van der Waals surface area contributed by atoms with Crippen LogP contribution in [-0.2, 0) is 9.59 Å². The number of halogens is 5. The van der Waals surface area contributed by atoms with Gasteiger partial charge in [-0.05, 0) is 72.9 Å². The second-order valence-corrected chi connectivity index (χ2v) is 14.2. The number of ether oxygens (including phenoxy) is 1. The number of carbonyl (C=O) groups is 5. The van der Waals surface area contributed by atoms with Crippen molar-refractivity contribution in [2.75, 3.05) is 6.54 Å². The molecule has 1 saturated heterocycles. The van der Waals surface area contributed by atoms with Gasteiger partial charge in [0.1, 0.15) is 12.3 Å². The number of fused-ring (bicyclic) bond motifs is 5. The van der Waals surface area contributed by atoms with Gasteiger partial charge < -0.3 is 4.74 Å². The number of ketones is 1. The van der Waals surface area contributed by atoms with Crippen LogP contribution >= 0.6 is 66.7 Å². The third kappa shape index (κ3) is 5.38. The Morgan fingerprint density at radius 1 is 0.818 bits per heavy atom. The fourth-order valence-electron chi connectivity index (χ4n) is 6.33. The maximum absolute atomic E-state index is 13.8. The van der Waals surface area contributed by atoms with Crippen LogP contribution in [-0.4, -0.2) is 55.7 Å². The molecule has 6 rings (SSSR count). The maximum atomic E-state index is 13.8. The lowest BCUT2D eigenvalue weighted by Gasteiger charge is -2.31. The normalized spacial score (nSPS) is 25.2. The van der Waals surface area contributed by atoms with E-state index in [4.69, 9.17) is 39.5 Å². The average molecular weight is 784 g/mol. The number of amides is 3. The minimum atomic E-state index is -0.755. The van der Waals surface area contributed by atoms with Gasteiger partial charge in [-0.3, -0.25) is 19.2 Å². The Labute approximate surface area is 283 Å². The van der Waals surface area contributed by atoms with Crippen molar-refractivity contribution in [2.45, 2.75) is 16.1 Å². The van der Waals surface area contributed by atoms with Crippen molar-refractivity contribution in [2.24, 2.45) is 23.7 Å². The molecule has 226 valence electrons. The number of rotatable bonds is 7. The van der Waals surface area contributed by atoms with Crippen LogP contribution in [0, 0.1) is 23.7 Å². The number of hydrazine groups is 1. The third-order valence-electron chi connectivity index (χ3n) is 8.38. The molecule has 3 amide bonds. The summed E-state index contributed by atoms with van der Waals surface area (Å²) in [6, 6.07) is 16.2. The first-order valence-corrected chi connectivity index (χ1v) is 16.5. The zero-order valence-electron chi connectivity index (χ0n) is 22.5. The van der Waals surface area contributed by atoms with Crippen LogP contribution < -0.4 is 4.74 Å². The molecular weight excluding hydrogens is 763 g/mol. The summed E-state index contributed by atoms with van der Waals surface area (Å²) in [5.74, 6) is -4.25. The summed E-state index contributed by atoms with van der Waals surface area (Å²) in [7, 11) is 0. The fourth-order valence-corrected chi connectivity index (χ4v) is 8.91. The average Bonchev–Trinajstić information content (AvgIpc) is 3.61. The van der Waals surface area contributed by atoms with Crippen molar-refractivity contribution >= 4 is 96.1 Å². The number of imide groups is 1. The molecule has 8 nitrogen and oxygen atoms in total. The molecule has 2 bridgehead atoms. The summed E-state index contributed by atoms with van der Waals surface area (Å²) in [4.78, 5) is 67.6. The predicted octanol–water partition coefficient (Wildman–Crippen LogP) is 6.88. The van der Waals surface area contributed by atoms with Gasteiger partial charge >= 0.3 is 5.97 Å². The molecule has 44 heavy (non-hydrogen) atoms. The highest BCUT2D eigenvalue weighted by Crippen LogP contribution is 2.60. The van der Waals surface area contributed by atoms with Crippen LogP contribution in [0.2, 0.25) is 15.1 Å². The summed E-state index contributed by atoms with van der Waals surface area (Å²) in [5, 5.41) is 2.34. The Morgan fingerprint density at radius 2 is 1.43 bits per heavy atom. The first-order chi connectivity index (χ1) is 21.0. The molecule has 6 atom stereocenters. The largest absolute Gasteiger partial charge is 0.423 e. The molecule has 0 radical (unpaired) electrons. The summed E-state index contributed by atoms with van der Waals surface area (Å²) in [6.45, 7) is -0.606. The number of benzene rings is 3. The summed E-state index contributed by atoms with van der Waals surface area (Å²) in [6.07, 6.45) is 0.713. The Kier molecular flexibility index (Phi) is 8.67. The van der Waals surface area contributed by atoms with Gasteiger partial charge in [0, 0.05) is 20.2 Å². The van der Waals surface area contributed by atoms with E-state index < -0.39 is 47.9 Å².